The summed E-state index contributed by atoms with van der Waals surface area (Å²) in [5.74, 6) is -0.337. The predicted molar refractivity (Wildman–Crippen MR) is 103 cm³/mol. The molecule has 1 saturated carbocycles. The van der Waals surface area contributed by atoms with Crippen LogP contribution in [0.1, 0.15) is 54.4 Å². The third-order valence-electron chi connectivity index (χ3n) is 5.68. The zero-order chi connectivity index (χ0) is 19.4. The number of hydrogen-bond donors (Lipinski definition) is 1. The molecule has 1 spiro atoms. The van der Waals surface area contributed by atoms with E-state index in [4.69, 9.17) is 9.47 Å². The zero-order valence-electron chi connectivity index (χ0n) is 15.8. The molecule has 5 nitrogen and oxygen atoms in total. The standard InChI is InChI=1S/C22H25FN2O3/c23-19-8-2-1-6-16(19)15-27-21-18(7-5-12-24-21)20(26)25-17-9-13-28-22(14-17)10-3-4-11-22/h1-2,5-8,12,17H,3-4,9-11,13-15H2,(H,25,26)/t17-/m1/s1. The van der Waals surface area contributed by atoms with Crippen LogP contribution in [-0.4, -0.2) is 29.1 Å². The molecule has 2 heterocycles. The van der Waals surface area contributed by atoms with Crippen molar-refractivity contribution in [2.45, 2.75) is 56.8 Å². The average molecular weight is 384 g/mol. The first-order valence-electron chi connectivity index (χ1n) is 9.91. The fourth-order valence-electron chi connectivity index (χ4n) is 4.22. The lowest BCUT2D eigenvalue weighted by Crippen LogP contribution is -2.47. The molecular weight excluding hydrogens is 359 g/mol. The normalized spacial score (nSPS) is 20.8. The Labute approximate surface area is 164 Å². The van der Waals surface area contributed by atoms with E-state index in [0.717, 1.165) is 25.7 Å². The molecule has 2 aromatic rings. The van der Waals surface area contributed by atoms with E-state index in [1.165, 1.54) is 18.9 Å². The molecule has 148 valence electrons. The minimum absolute atomic E-state index is 0.0182. The third kappa shape index (κ3) is 4.17. The van der Waals surface area contributed by atoms with Crippen molar-refractivity contribution >= 4 is 5.91 Å². The van der Waals surface area contributed by atoms with Crippen LogP contribution >= 0.6 is 0 Å². The number of ether oxygens (including phenoxy) is 2. The van der Waals surface area contributed by atoms with Gasteiger partial charge in [-0.1, -0.05) is 31.0 Å². The minimum atomic E-state index is -0.339. The number of nitrogens with zero attached hydrogens (tertiary/aromatic N) is 1. The van der Waals surface area contributed by atoms with Crippen LogP contribution < -0.4 is 10.1 Å². The largest absolute Gasteiger partial charge is 0.472 e. The van der Waals surface area contributed by atoms with Crippen LogP contribution in [0.4, 0.5) is 4.39 Å². The van der Waals surface area contributed by atoms with Crippen LogP contribution in [-0.2, 0) is 11.3 Å². The minimum Gasteiger partial charge on any atom is -0.472 e. The molecule has 1 aromatic carbocycles. The average Bonchev–Trinajstić information content (AvgIpc) is 3.15. The summed E-state index contributed by atoms with van der Waals surface area (Å²) in [6.07, 6.45) is 7.75. The van der Waals surface area contributed by atoms with Crippen LogP contribution in [0, 0.1) is 5.82 Å². The smallest absolute Gasteiger partial charge is 0.256 e. The van der Waals surface area contributed by atoms with Gasteiger partial charge in [-0.25, -0.2) is 9.37 Å². The van der Waals surface area contributed by atoms with Gasteiger partial charge in [-0.05, 0) is 43.9 Å². The summed E-state index contributed by atoms with van der Waals surface area (Å²) in [6.45, 7) is 0.693. The highest BCUT2D eigenvalue weighted by Crippen LogP contribution is 2.40. The number of hydrogen-bond acceptors (Lipinski definition) is 4. The van der Waals surface area contributed by atoms with Gasteiger partial charge in [-0.2, -0.15) is 0 Å². The first-order valence-corrected chi connectivity index (χ1v) is 9.91. The molecule has 0 bridgehead atoms. The molecule has 4 rings (SSSR count). The fraction of sp³-hybridized carbons (Fsp3) is 0.455. The van der Waals surface area contributed by atoms with Gasteiger partial charge in [0.15, 0.2) is 0 Å². The maximum atomic E-state index is 13.8. The summed E-state index contributed by atoms with van der Waals surface area (Å²) in [5, 5.41) is 3.12. The second-order valence-corrected chi connectivity index (χ2v) is 7.64. The van der Waals surface area contributed by atoms with Crippen LogP contribution in [0.2, 0.25) is 0 Å². The van der Waals surface area contributed by atoms with Crippen molar-refractivity contribution in [2.24, 2.45) is 0 Å². The van der Waals surface area contributed by atoms with Crippen molar-refractivity contribution in [2.75, 3.05) is 6.61 Å². The summed E-state index contributed by atoms with van der Waals surface area (Å²) in [7, 11) is 0. The Balaban J connectivity index is 1.42. The van der Waals surface area contributed by atoms with E-state index < -0.39 is 0 Å². The lowest BCUT2D eigenvalue weighted by molar-refractivity contribution is -0.0823. The van der Waals surface area contributed by atoms with Gasteiger partial charge in [0.2, 0.25) is 5.88 Å². The van der Waals surface area contributed by atoms with Crippen molar-refractivity contribution in [3.05, 3.63) is 59.5 Å². The maximum Gasteiger partial charge on any atom is 0.256 e. The number of amides is 1. The number of carbonyl (C=O) groups is 1. The third-order valence-corrected chi connectivity index (χ3v) is 5.68. The number of pyridine rings is 1. The Bertz CT molecular complexity index is 836. The fourth-order valence-corrected chi connectivity index (χ4v) is 4.22. The van der Waals surface area contributed by atoms with Crippen LogP contribution in [0.3, 0.4) is 0 Å². The molecule has 1 aromatic heterocycles. The molecule has 1 atom stereocenters. The van der Waals surface area contributed by atoms with Gasteiger partial charge in [-0.3, -0.25) is 4.79 Å². The van der Waals surface area contributed by atoms with E-state index in [-0.39, 0.29) is 35.9 Å². The highest BCUT2D eigenvalue weighted by molar-refractivity contribution is 5.96. The Morgan fingerprint density at radius 1 is 1.25 bits per heavy atom. The maximum absolute atomic E-state index is 13.8. The van der Waals surface area contributed by atoms with Crippen LogP contribution in [0.15, 0.2) is 42.6 Å². The van der Waals surface area contributed by atoms with Crippen molar-refractivity contribution in [3.8, 4) is 5.88 Å². The lowest BCUT2D eigenvalue weighted by Gasteiger charge is -2.38. The van der Waals surface area contributed by atoms with Crippen molar-refractivity contribution in [3.63, 3.8) is 0 Å². The molecule has 28 heavy (non-hydrogen) atoms. The molecule has 1 aliphatic carbocycles. The molecule has 1 N–H and O–H groups in total. The number of rotatable bonds is 5. The number of nitrogens with one attached hydrogen (secondary N) is 1. The van der Waals surface area contributed by atoms with Crippen molar-refractivity contribution in [1.29, 1.82) is 0 Å². The lowest BCUT2D eigenvalue weighted by atomic mass is 9.89. The first-order chi connectivity index (χ1) is 13.7. The van der Waals surface area contributed by atoms with Crippen molar-refractivity contribution in [1.82, 2.24) is 10.3 Å². The monoisotopic (exact) mass is 384 g/mol. The second kappa shape index (κ2) is 8.27. The molecule has 6 heteroatoms. The van der Waals surface area contributed by atoms with E-state index in [1.54, 1.807) is 36.5 Å². The zero-order valence-corrected chi connectivity index (χ0v) is 15.8. The highest BCUT2D eigenvalue weighted by Gasteiger charge is 2.40. The van der Waals surface area contributed by atoms with Gasteiger partial charge < -0.3 is 14.8 Å². The number of aromatic nitrogens is 1. The first kappa shape index (κ1) is 18.9. The van der Waals surface area contributed by atoms with Gasteiger partial charge in [0.25, 0.3) is 5.91 Å². The summed E-state index contributed by atoms with van der Waals surface area (Å²) in [5.41, 5.74) is 0.730. The molecule has 1 saturated heterocycles. The van der Waals surface area contributed by atoms with Gasteiger partial charge >= 0.3 is 0 Å². The van der Waals surface area contributed by atoms with E-state index in [9.17, 15) is 9.18 Å². The van der Waals surface area contributed by atoms with E-state index >= 15 is 0 Å². The van der Waals surface area contributed by atoms with E-state index in [1.807, 2.05) is 0 Å². The van der Waals surface area contributed by atoms with Gasteiger partial charge in [0, 0.05) is 24.4 Å². The van der Waals surface area contributed by atoms with E-state index in [0.29, 0.717) is 17.7 Å². The molecule has 1 aliphatic heterocycles. The Hall–Kier alpha value is -2.47. The SMILES string of the molecule is O=C(N[C@@H]1CCOC2(CCCC2)C1)c1cccnc1OCc1ccccc1F. The second-order valence-electron chi connectivity index (χ2n) is 7.64. The molecule has 2 aliphatic rings. The number of benzene rings is 1. The molecule has 2 fully saturated rings. The number of halogens is 1. The van der Waals surface area contributed by atoms with Crippen molar-refractivity contribution < 1.29 is 18.7 Å². The van der Waals surface area contributed by atoms with Gasteiger partial charge in [-0.15, -0.1) is 0 Å². The van der Waals surface area contributed by atoms with E-state index in [2.05, 4.69) is 10.3 Å². The summed E-state index contributed by atoms with van der Waals surface area (Å²) in [4.78, 5) is 17.0. The Kier molecular flexibility index (Phi) is 5.57. The van der Waals surface area contributed by atoms with Crippen LogP contribution in [0.5, 0.6) is 5.88 Å². The summed E-state index contributed by atoms with van der Waals surface area (Å²) in [6, 6.07) is 9.88. The topological polar surface area (TPSA) is 60.5 Å². The molecule has 1 amide bonds. The highest BCUT2D eigenvalue weighted by atomic mass is 19.1. The molecule has 0 unspecified atom stereocenters. The number of carbonyl (C=O) groups excluding carboxylic acids is 1. The molecular formula is C22H25FN2O3. The molecule has 0 radical (unpaired) electrons. The van der Waals surface area contributed by atoms with Crippen LogP contribution in [0.25, 0.3) is 0 Å². The Morgan fingerprint density at radius 3 is 2.89 bits per heavy atom. The van der Waals surface area contributed by atoms with Gasteiger partial charge in [0.05, 0.1) is 5.60 Å². The quantitative estimate of drug-likeness (QED) is 0.846. The summed E-state index contributed by atoms with van der Waals surface area (Å²) < 4.78 is 25.5. The summed E-state index contributed by atoms with van der Waals surface area (Å²) >= 11 is 0. The Morgan fingerprint density at radius 2 is 2.07 bits per heavy atom. The van der Waals surface area contributed by atoms with Gasteiger partial charge in [0.1, 0.15) is 18.0 Å². The predicted octanol–water partition coefficient (Wildman–Crippen LogP) is 4.02.